The highest BCUT2D eigenvalue weighted by atomic mass is 19.1. The van der Waals surface area contributed by atoms with Gasteiger partial charge in [0, 0.05) is 6.54 Å². The molecule has 0 aliphatic carbocycles. The van der Waals surface area contributed by atoms with Crippen molar-refractivity contribution in [3.63, 3.8) is 0 Å². The Balaban J connectivity index is 2.21. The van der Waals surface area contributed by atoms with Crippen LogP contribution >= 0.6 is 0 Å². The van der Waals surface area contributed by atoms with Gasteiger partial charge in [0.25, 0.3) is 0 Å². The molecule has 1 fully saturated rings. The van der Waals surface area contributed by atoms with Crippen LogP contribution < -0.4 is 5.32 Å². The fraction of sp³-hybridized carbons (Fsp3) is 0.556. The molecule has 0 saturated carbocycles. The highest BCUT2D eigenvalue weighted by Crippen LogP contribution is 2.22. The molecule has 1 saturated heterocycles. The largest absolute Gasteiger partial charge is 0.444 e. The van der Waals surface area contributed by atoms with E-state index in [2.05, 4.69) is 5.32 Å². The second-order valence-electron chi connectivity index (χ2n) is 7.29. The summed E-state index contributed by atoms with van der Waals surface area (Å²) in [4.78, 5) is 26.1. The van der Waals surface area contributed by atoms with Gasteiger partial charge in [-0.05, 0) is 44.9 Å². The topological polar surface area (TPSA) is 78.9 Å². The molecule has 0 unspecified atom stereocenters. The van der Waals surface area contributed by atoms with Crippen LogP contribution in [0, 0.1) is 5.82 Å². The maximum absolute atomic E-state index is 13.4. The first-order valence-corrected chi connectivity index (χ1v) is 8.43. The van der Waals surface area contributed by atoms with E-state index in [9.17, 15) is 23.5 Å². The number of hydrogen-bond donors (Lipinski definition) is 2. The third-order valence-electron chi connectivity index (χ3n) is 3.91. The van der Waals surface area contributed by atoms with E-state index in [1.165, 1.54) is 17.0 Å². The van der Waals surface area contributed by atoms with Crippen LogP contribution in [0.3, 0.4) is 0 Å². The Morgan fingerprint density at radius 1 is 1.31 bits per heavy atom. The first-order chi connectivity index (χ1) is 12.1. The zero-order chi connectivity index (χ0) is 19.5. The van der Waals surface area contributed by atoms with E-state index in [1.54, 1.807) is 20.8 Å². The number of alkyl carbamates (subject to hydrolysis) is 1. The quantitative estimate of drug-likeness (QED) is 0.853. The number of likely N-dealkylation sites (tertiary alicyclic amines) is 1. The van der Waals surface area contributed by atoms with Crippen LogP contribution in [-0.2, 0) is 9.53 Å². The van der Waals surface area contributed by atoms with Crippen LogP contribution in [0.5, 0.6) is 0 Å². The van der Waals surface area contributed by atoms with Crippen molar-refractivity contribution in [1.82, 2.24) is 10.2 Å². The van der Waals surface area contributed by atoms with E-state index in [1.807, 2.05) is 0 Å². The van der Waals surface area contributed by atoms with Crippen molar-refractivity contribution in [2.45, 2.75) is 51.1 Å². The molecule has 144 valence electrons. The van der Waals surface area contributed by atoms with E-state index in [-0.39, 0.29) is 25.1 Å². The lowest BCUT2D eigenvalue weighted by atomic mass is 10.0. The monoisotopic (exact) mass is 370 g/mol. The molecule has 0 bridgehead atoms. The first-order valence-electron chi connectivity index (χ1n) is 8.43. The molecule has 8 heteroatoms. The zero-order valence-corrected chi connectivity index (χ0v) is 15.0. The fourth-order valence-electron chi connectivity index (χ4n) is 2.68. The van der Waals surface area contributed by atoms with Gasteiger partial charge in [0.05, 0.1) is 6.54 Å². The summed E-state index contributed by atoms with van der Waals surface area (Å²) in [5, 5.41) is 12.9. The maximum Gasteiger partial charge on any atom is 0.408 e. The van der Waals surface area contributed by atoms with Gasteiger partial charge in [0.1, 0.15) is 29.7 Å². The molecule has 0 spiro atoms. The average Bonchev–Trinajstić information content (AvgIpc) is 2.97. The number of aliphatic hydroxyl groups excluding tert-OH is 1. The highest BCUT2D eigenvalue weighted by Gasteiger charge is 2.37. The number of ether oxygens (including phenoxy) is 1. The SMILES string of the molecule is CC(C)(C)OC(=O)N[C@H](C(=O)N1CC[C@H](F)C1)[C@H](O)c1ccc(F)cc1. The van der Waals surface area contributed by atoms with Gasteiger partial charge < -0.3 is 20.1 Å². The summed E-state index contributed by atoms with van der Waals surface area (Å²) in [7, 11) is 0. The van der Waals surface area contributed by atoms with Crippen molar-refractivity contribution in [2.75, 3.05) is 13.1 Å². The Bertz CT molecular complexity index is 646. The van der Waals surface area contributed by atoms with E-state index in [4.69, 9.17) is 4.74 Å². The normalized spacial score (nSPS) is 19.8. The highest BCUT2D eigenvalue weighted by molar-refractivity contribution is 5.86. The van der Waals surface area contributed by atoms with Gasteiger partial charge in [-0.15, -0.1) is 0 Å². The maximum atomic E-state index is 13.4. The van der Waals surface area contributed by atoms with E-state index in [0.717, 1.165) is 12.1 Å². The molecule has 2 amide bonds. The number of aliphatic hydroxyl groups is 1. The van der Waals surface area contributed by atoms with Gasteiger partial charge in [0.2, 0.25) is 5.91 Å². The minimum absolute atomic E-state index is 0.0958. The minimum Gasteiger partial charge on any atom is -0.444 e. The van der Waals surface area contributed by atoms with Crippen LogP contribution in [0.15, 0.2) is 24.3 Å². The summed E-state index contributed by atoms with van der Waals surface area (Å²) < 4.78 is 31.7. The smallest absolute Gasteiger partial charge is 0.408 e. The molecular weight excluding hydrogens is 346 g/mol. The number of hydrogen-bond acceptors (Lipinski definition) is 4. The minimum atomic E-state index is -1.44. The molecule has 2 N–H and O–H groups in total. The van der Waals surface area contributed by atoms with Crippen molar-refractivity contribution >= 4 is 12.0 Å². The fourth-order valence-corrected chi connectivity index (χ4v) is 2.68. The number of carbonyl (C=O) groups excluding carboxylic acids is 2. The van der Waals surface area contributed by atoms with Gasteiger partial charge in [0.15, 0.2) is 0 Å². The van der Waals surface area contributed by atoms with Crippen molar-refractivity contribution in [3.05, 3.63) is 35.6 Å². The number of amides is 2. The third-order valence-corrected chi connectivity index (χ3v) is 3.91. The lowest BCUT2D eigenvalue weighted by Gasteiger charge is -2.29. The van der Waals surface area contributed by atoms with Crippen molar-refractivity contribution in [3.8, 4) is 0 Å². The number of halogens is 2. The second-order valence-corrected chi connectivity index (χ2v) is 7.29. The van der Waals surface area contributed by atoms with Crippen LogP contribution in [0.4, 0.5) is 13.6 Å². The Hall–Kier alpha value is -2.22. The van der Waals surface area contributed by atoms with Crippen molar-refractivity contribution in [2.24, 2.45) is 0 Å². The molecule has 1 heterocycles. The van der Waals surface area contributed by atoms with Gasteiger partial charge in [-0.1, -0.05) is 12.1 Å². The van der Waals surface area contributed by atoms with Crippen LogP contribution in [0.25, 0.3) is 0 Å². The molecule has 0 radical (unpaired) electrons. The molecule has 3 atom stereocenters. The Morgan fingerprint density at radius 3 is 2.42 bits per heavy atom. The Morgan fingerprint density at radius 2 is 1.92 bits per heavy atom. The summed E-state index contributed by atoms with van der Waals surface area (Å²) in [6.45, 7) is 5.08. The standard InChI is InChI=1S/C18H24F2N2O4/c1-18(2,3)26-17(25)21-14(16(24)22-9-8-13(20)10-22)15(23)11-4-6-12(19)7-5-11/h4-7,13-15,23H,8-10H2,1-3H3,(H,21,25)/t13-,14-,15+/m0/s1. The van der Waals surface area contributed by atoms with Gasteiger partial charge >= 0.3 is 6.09 Å². The molecule has 1 aromatic carbocycles. The van der Waals surface area contributed by atoms with Gasteiger partial charge in [-0.3, -0.25) is 4.79 Å². The number of carbonyl (C=O) groups is 2. The van der Waals surface area contributed by atoms with Crippen molar-refractivity contribution in [1.29, 1.82) is 0 Å². The number of nitrogens with zero attached hydrogens (tertiary/aromatic N) is 1. The molecule has 1 aliphatic heterocycles. The van der Waals surface area contributed by atoms with Crippen LogP contribution in [0.1, 0.15) is 38.9 Å². The number of alkyl halides is 1. The van der Waals surface area contributed by atoms with Gasteiger partial charge in [-0.2, -0.15) is 0 Å². The summed E-state index contributed by atoms with van der Waals surface area (Å²) >= 11 is 0. The predicted octanol–water partition coefficient (Wildman–Crippen LogP) is 2.32. The first kappa shape index (κ1) is 20.1. The van der Waals surface area contributed by atoms with Crippen molar-refractivity contribution < 1.29 is 28.2 Å². The summed E-state index contributed by atoms with van der Waals surface area (Å²) in [5.41, 5.74) is -0.548. The van der Waals surface area contributed by atoms with E-state index < -0.39 is 41.7 Å². The lowest BCUT2D eigenvalue weighted by molar-refractivity contribution is -0.135. The number of nitrogens with one attached hydrogen (secondary N) is 1. The Kier molecular flexibility index (Phi) is 6.17. The van der Waals surface area contributed by atoms with Crippen LogP contribution in [-0.4, -0.2) is 52.9 Å². The number of benzene rings is 1. The molecule has 2 rings (SSSR count). The number of rotatable bonds is 4. The predicted molar refractivity (Wildman–Crippen MR) is 90.6 cm³/mol. The average molecular weight is 370 g/mol. The summed E-state index contributed by atoms with van der Waals surface area (Å²) in [5.74, 6) is -1.11. The second kappa shape index (κ2) is 7.99. The summed E-state index contributed by atoms with van der Waals surface area (Å²) in [6, 6.07) is 3.54. The lowest BCUT2D eigenvalue weighted by Crippen LogP contribution is -2.52. The molecule has 0 aromatic heterocycles. The molecule has 26 heavy (non-hydrogen) atoms. The molecule has 1 aromatic rings. The van der Waals surface area contributed by atoms with Crippen LogP contribution in [0.2, 0.25) is 0 Å². The molecule has 1 aliphatic rings. The van der Waals surface area contributed by atoms with Gasteiger partial charge in [-0.25, -0.2) is 13.6 Å². The summed E-state index contributed by atoms with van der Waals surface area (Å²) in [6.07, 6.45) is -3.25. The third kappa shape index (κ3) is 5.39. The molecule has 6 nitrogen and oxygen atoms in total. The Labute approximate surface area is 151 Å². The van der Waals surface area contributed by atoms with E-state index in [0.29, 0.717) is 0 Å². The van der Waals surface area contributed by atoms with E-state index >= 15 is 0 Å². The zero-order valence-electron chi connectivity index (χ0n) is 15.0. The molecular formula is C18H24F2N2O4.